The molecular weight excluding hydrogens is 294 g/mol. The van der Waals surface area contributed by atoms with E-state index in [1.54, 1.807) is 0 Å². The highest BCUT2D eigenvalue weighted by atomic mass is 16.1. The Labute approximate surface area is 143 Å². The van der Waals surface area contributed by atoms with E-state index in [-0.39, 0.29) is 5.91 Å². The minimum Gasteiger partial charge on any atom is -0.355 e. The van der Waals surface area contributed by atoms with Crippen molar-refractivity contribution in [3.05, 3.63) is 82.9 Å². The van der Waals surface area contributed by atoms with Gasteiger partial charge in [0.05, 0.1) is 6.42 Å². The maximum atomic E-state index is 12.3. The first kappa shape index (κ1) is 16.3. The molecule has 0 spiro atoms. The minimum absolute atomic E-state index is 0.0789. The lowest BCUT2D eigenvalue weighted by Gasteiger charge is -2.09. The van der Waals surface area contributed by atoms with Crippen molar-refractivity contribution in [2.24, 2.45) is 0 Å². The van der Waals surface area contributed by atoms with E-state index in [4.69, 9.17) is 0 Å². The van der Waals surface area contributed by atoms with Crippen LogP contribution in [-0.4, -0.2) is 12.5 Å². The summed E-state index contributed by atoms with van der Waals surface area (Å²) in [4.78, 5) is 12.3. The molecule has 3 rings (SSSR count). The Morgan fingerprint density at radius 1 is 0.917 bits per heavy atom. The smallest absolute Gasteiger partial charge is 0.224 e. The highest BCUT2D eigenvalue weighted by Crippen LogP contribution is 2.18. The molecule has 0 saturated heterocycles. The summed E-state index contributed by atoms with van der Waals surface area (Å²) in [5.74, 6) is 0.0789. The highest BCUT2D eigenvalue weighted by Gasteiger charge is 2.06. The SMILES string of the molecule is Cc1ccc(CCNC(=O)Cc2cccc3ccccc23)cc1C. The van der Waals surface area contributed by atoms with Crippen molar-refractivity contribution in [1.29, 1.82) is 0 Å². The second-order valence-corrected chi connectivity index (χ2v) is 6.33. The Bertz CT molecular complexity index is 861. The molecule has 1 amide bonds. The van der Waals surface area contributed by atoms with Crippen molar-refractivity contribution >= 4 is 16.7 Å². The maximum absolute atomic E-state index is 12.3. The number of carbonyl (C=O) groups excluding carboxylic acids is 1. The molecule has 24 heavy (non-hydrogen) atoms. The fourth-order valence-electron chi connectivity index (χ4n) is 2.99. The molecule has 0 heterocycles. The van der Waals surface area contributed by atoms with Crippen molar-refractivity contribution in [3.8, 4) is 0 Å². The van der Waals surface area contributed by atoms with Gasteiger partial charge >= 0.3 is 0 Å². The van der Waals surface area contributed by atoms with E-state index in [2.05, 4.69) is 55.6 Å². The van der Waals surface area contributed by atoms with Crippen LogP contribution in [0.4, 0.5) is 0 Å². The predicted molar refractivity (Wildman–Crippen MR) is 100 cm³/mol. The number of hydrogen-bond donors (Lipinski definition) is 1. The quantitative estimate of drug-likeness (QED) is 0.744. The fraction of sp³-hybridized carbons (Fsp3) is 0.227. The average Bonchev–Trinajstić information content (AvgIpc) is 2.58. The van der Waals surface area contributed by atoms with Crippen LogP contribution in [0.1, 0.15) is 22.3 Å². The van der Waals surface area contributed by atoms with E-state index in [1.165, 1.54) is 22.1 Å². The second-order valence-electron chi connectivity index (χ2n) is 6.33. The molecule has 1 N–H and O–H groups in total. The second kappa shape index (κ2) is 7.31. The number of benzene rings is 3. The standard InChI is InChI=1S/C22H23NO/c1-16-10-11-18(14-17(16)2)12-13-23-22(24)15-20-8-5-7-19-6-3-4-9-21(19)20/h3-11,14H,12-13,15H2,1-2H3,(H,23,24). The van der Waals surface area contributed by atoms with Gasteiger partial charge in [0.1, 0.15) is 0 Å². The Hall–Kier alpha value is -2.61. The molecule has 0 unspecified atom stereocenters. The molecule has 0 fully saturated rings. The van der Waals surface area contributed by atoms with Gasteiger partial charge in [-0.15, -0.1) is 0 Å². The lowest BCUT2D eigenvalue weighted by atomic mass is 10.0. The van der Waals surface area contributed by atoms with Gasteiger partial charge in [-0.3, -0.25) is 4.79 Å². The van der Waals surface area contributed by atoms with Crippen LogP contribution in [0.2, 0.25) is 0 Å². The van der Waals surface area contributed by atoms with Gasteiger partial charge in [0.15, 0.2) is 0 Å². The first-order valence-electron chi connectivity index (χ1n) is 8.43. The number of carbonyl (C=O) groups is 1. The summed E-state index contributed by atoms with van der Waals surface area (Å²) in [7, 11) is 0. The van der Waals surface area contributed by atoms with Crippen LogP contribution in [0, 0.1) is 13.8 Å². The van der Waals surface area contributed by atoms with Gasteiger partial charge in [0, 0.05) is 6.54 Å². The van der Waals surface area contributed by atoms with Crippen LogP contribution in [0.15, 0.2) is 60.7 Å². The third kappa shape index (κ3) is 3.83. The summed E-state index contributed by atoms with van der Waals surface area (Å²) in [5, 5.41) is 5.37. The van der Waals surface area contributed by atoms with Gasteiger partial charge in [0.2, 0.25) is 5.91 Å². The highest BCUT2D eigenvalue weighted by molar-refractivity contribution is 5.90. The first-order valence-corrected chi connectivity index (χ1v) is 8.43. The van der Waals surface area contributed by atoms with Crippen LogP contribution >= 0.6 is 0 Å². The van der Waals surface area contributed by atoms with Gasteiger partial charge in [-0.1, -0.05) is 60.7 Å². The third-order valence-corrected chi connectivity index (χ3v) is 4.54. The van der Waals surface area contributed by atoms with E-state index in [9.17, 15) is 4.79 Å². The summed E-state index contributed by atoms with van der Waals surface area (Å²) in [6.07, 6.45) is 1.29. The topological polar surface area (TPSA) is 29.1 Å². The zero-order valence-corrected chi connectivity index (χ0v) is 14.3. The van der Waals surface area contributed by atoms with Gasteiger partial charge in [-0.25, -0.2) is 0 Å². The Balaban J connectivity index is 1.58. The minimum atomic E-state index is 0.0789. The van der Waals surface area contributed by atoms with Gasteiger partial charge < -0.3 is 5.32 Å². The van der Waals surface area contributed by atoms with Crippen molar-refractivity contribution < 1.29 is 4.79 Å². The maximum Gasteiger partial charge on any atom is 0.224 e. The lowest BCUT2D eigenvalue weighted by Crippen LogP contribution is -2.27. The molecule has 3 aromatic carbocycles. The largest absolute Gasteiger partial charge is 0.355 e. The van der Waals surface area contributed by atoms with Crippen LogP contribution in [0.25, 0.3) is 10.8 Å². The average molecular weight is 317 g/mol. The number of rotatable bonds is 5. The van der Waals surface area contributed by atoms with Gasteiger partial charge in [-0.2, -0.15) is 0 Å². The van der Waals surface area contributed by atoms with E-state index >= 15 is 0 Å². The zero-order valence-electron chi connectivity index (χ0n) is 14.3. The van der Waals surface area contributed by atoms with Crippen molar-refractivity contribution in [2.75, 3.05) is 6.54 Å². The summed E-state index contributed by atoms with van der Waals surface area (Å²) >= 11 is 0. The predicted octanol–water partition coefficient (Wildman–Crippen LogP) is 4.36. The number of amides is 1. The molecule has 0 aliphatic rings. The molecule has 2 nitrogen and oxygen atoms in total. The Morgan fingerprint density at radius 2 is 1.71 bits per heavy atom. The zero-order chi connectivity index (χ0) is 16.9. The lowest BCUT2D eigenvalue weighted by molar-refractivity contribution is -0.120. The van der Waals surface area contributed by atoms with Crippen LogP contribution in [0.3, 0.4) is 0 Å². The number of aryl methyl sites for hydroxylation is 2. The Morgan fingerprint density at radius 3 is 2.54 bits per heavy atom. The van der Waals surface area contributed by atoms with Crippen molar-refractivity contribution in [2.45, 2.75) is 26.7 Å². The normalized spacial score (nSPS) is 10.8. The summed E-state index contributed by atoms with van der Waals surface area (Å²) < 4.78 is 0. The molecule has 0 aliphatic heterocycles. The van der Waals surface area contributed by atoms with Gasteiger partial charge in [0.25, 0.3) is 0 Å². The number of nitrogens with one attached hydrogen (secondary N) is 1. The van der Waals surface area contributed by atoms with Crippen molar-refractivity contribution in [3.63, 3.8) is 0 Å². The summed E-state index contributed by atoms with van der Waals surface area (Å²) in [6.45, 7) is 4.91. The molecule has 0 aliphatic carbocycles. The van der Waals surface area contributed by atoms with E-state index in [0.717, 1.165) is 17.4 Å². The van der Waals surface area contributed by atoms with E-state index in [1.807, 2.05) is 24.3 Å². The molecule has 0 bridgehead atoms. The molecule has 122 valence electrons. The molecule has 2 heteroatoms. The first-order chi connectivity index (χ1) is 11.6. The summed E-state index contributed by atoms with van der Waals surface area (Å²) in [5.41, 5.74) is 4.95. The number of hydrogen-bond acceptors (Lipinski definition) is 1. The fourth-order valence-corrected chi connectivity index (χ4v) is 2.99. The third-order valence-electron chi connectivity index (χ3n) is 4.54. The molecular formula is C22H23NO. The monoisotopic (exact) mass is 317 g/mol. The molecule has 0 atom stereocenters. The van der Waals surface area contributed by atoms with Crippen LogP contribution in [-0.2, 0) is 17.6 Å². The van der Waals surface area contributed by atoms with Gasteiger partial charge in [-0.05, 0) is 53.3 Å². The molecule has 0 radical (unpaired) electrons. The van der Waals surface area contributed by atoms with Crippen molar-refractivity contribution in [1.82, 2.24) is 5.32 Å². The van der Waals surface area contributed by atoms with Crippen LogP contribution < -0.4 is 5.32 Å². The molecule has 0 saturated carbocycles. The molecule has 0 aromatic heterocycles. The number of fused-ring (bicyclic) bond motifs is 1. The van der Waals surface area contributed by atoms with E-state index < -0.39 is 0 Å². The van der Waals surface area contributed by atoms with E-state index in [0.29, 0.717) is 13.0 Å². The summed E-state index contributed by atoms with van der Waals surface area (Å²) in [6, 6.07) is 20.8. The molecule has 3 aromatic rings. The Kier molecular flexibility index (Phi) is 4.95. The van der Waals surface area contributed by atoms with Crippen LogP contribution in [0.5, 0.6) is 0 Å².